The molecule has 0 spiro atoms. The quantitative estimate of drug-likeness (QED) is 0.646. The molecule has 4 atom stereocenters. The van der Waals surface area contributed by atoms with Crippen LogP contribution < -0.4 is 0 Å². The van der Waals surface area contributed by atoms with E-state index in [1.165, 1.54) is 0 Å². The maximum atomic E-state index is 10.3. The van der Waals surface area contributed by atoms with Crippen molar-refractivity contribution in [2.45, 2.75) is 59.2 Å². The van der Waals surface area contributed by atoms with Crippen molar-refractivity contribution >= 4 is 0 Å². The summed E-state index contributed by atoms with van der Waals surface area (Å²) in [5.41, 5.74) is -0.0424. The first-order chi connectivity index (χ1) is 6.76. The molecule has 0 heterocycles. The van der Waals surface area contributed by atoms with Gasteiger partial charge in [0.2, 0.25) is 0 Å². The number of rotatable bonds is 0. The average Bonchev–Trinajstić information content (AvgIpc) is 2.33. The first kappa shape index (κ1) is 11.4. The summed E-state index contributed by atoms with van der Waals surface area (Å²) < 4.78 is 0. The second kappa shape index (κ2) is 3.21. The van der Waals surface area contributed by atoms with E-state index >= 15 is 0 Å². The Balaban J connectivity index is 2.25. The zero-order valence-electron chi connectivity index (χ0n) is 10.3. The Hall–Kier alpha value is -0.0800. The fraction of sp³-hybridized carbons (Fsp3) is 1.00. The van der Waals surface area contributed by atoms with Gasteiger partial charge < -0.3 is 10.2 Å². The van der Waals surface area contributed by atoms with Crippen LogP contribution in [0.2, 0.25) is 0 Å². The van der Waals surface area contributed by atoms with Gasteiger partial charge in [-0.1, -0.05) is 27.7 Å². The fourth-order valence-corrected chi connectivity index (χ4v) is 3.66. The SMILES string of the molecule is CC1(C)CCC2CC(C)(C)C(O)C2C1O. The maximum Gasteiger partial charge on any atom is 0.0646 e. The molecule has 0 saturated heterocycles. The monoisotopic (exact) mass is 212 g/mol. The number of hydrogen-bond acceptors (Lipinski definition) is 2. The Morgan fingerprint density at radius 1 is 0.933 bits per heavy atom. The molecule has 2 N–H and O–H groups in total. The Labute approximate surface area is 92.7 Å². The van der Waals surface area contributed by atoms with Gasteiger partial charge in [0.15, 0.2) is 0 Å². The third-order valence-corrected chi connectivity index (χ3v) is 4.82. The normalized spacial score (nSPS) is 47.6. The molecule has 0 radical (unpaired) electrons. The van der Waals surface area contributed by atoms with Crippen LogP contribution in [-0.2, 0) is 0 Å². The van der Waals surface area contributed by atoms with Gasteiger partial charge in [-0.2, -0.15) is 0 Å². The number of aliphatic hydroxyl groups excluding tert-OH is 2. The molecule has 15 heavy (non-hydrogen) atoms. The lowest BCUT2D eigenvalue weighted by Crippen LogP contribution is -2.47. The molecular formula is C13H24O2. The van der Waals surface area contributed by atoms with E-state index in [4.69, 9.17) is 0 Å². The largest absolute Gasteiger partial charge is 0.392 e. The zero-order chi connectivity index (χ0) is 11.4. The van der Waals surface area contributed by atoms with Crippen LogP contribution in [0.1, 0.15) is 47.0 Å². The molecule has 2 aliphatic rings. The minimum Gasteiger partial charge on any atom is -0.392 e. The van der Waals surface area contributed by atoms with E-state index in [2.05, 4.69) is 27.7 Å². The van der Waals surface area contributed by atoms with E-state index in [1.807, 2.05) is 0 Å². The summed E-state index contributed by atoms with van der Waals surface area (Å²) in [7, 11) is 0. The van der Waals surface area contributed by atoms with Crippen LogP contribution in [-0.4, -0.2) is 22.4 Å². The van der Waals surface area contributed by atoms with Crippen molar-refractivity contribution in [1.29, 1.82) is 0 Å². The van der Waals surface area contributed by atoms with Crippen molar-refractivity contribution in [3.8, 4) is 0 Å². The van der Waals surface area contributed by atoms with E-state index in [0.717, 1.165) is 19.3 Å². The topological polar surface area (TPSA) is 40.5 Å². The molecule has 0 aromatic rings. The van der Waals surface area contributed by atoms with E-state index in [-0.39, 0.29) is 29.0 Å². The van der Waals surface area contributed by atoms with Crippen molar-refractivity contribution in [2.24, 2.45) is 22.7 Å². The van der Waals surface area contributed by atoms with E-state index in [9.17, 15) is 10.2 Å². The van der Waals surface area contributed by atoms with Crippen molar-refractivity contribution in [3.63, 3.8) is 0 Å². The molecule has 0 bridgehead atoms. The van der Waals surface area contributed by atoms with Gasteiger partial charge in [0, 0.05) is 5.92 Å². The first-order valence-electron chi connectivity index (χ1n) is 6.12. The molecule has 0 amide bonds. The predicted molar refractivity (Wildman–Crippen MR) is 60.4 cm³/mol. The van der Waals surface area contributed by atoms with Crippen molar-refractivity contribution in [3.05, 3.63) is 0 Å². The van der Waals surface area contributed by atoms with Crippen LogP contribution in [0.3, 0.4) is 0 Å². The summed E-state index contributed by atoms with van der Waals surface area (Å²) in [6.07, 6.45) is 2.63. The van der Waals surface area contributed by atoms with Crippen LogP contribution in [0.15, 0.2) is 0 Å². The van der Waals surface area contributed by atoms with Crippen molar-refractivity contribution in [2.75, 3.05) is 0 Å². The van der Waals surface area contributed by atoms with Gasteiger partial charge in [0.05, 0.1) is 12.2 Å². The Morgan fingerprint density at radius 2 is 1.47 bits per heavy atom. The standard InChI is InChI=1S/C13H24O2/c1-12(2)6-5-8-7-13(3,4)11(15)9(8)10(12)14/h8-11,14-15H,5-7H2,1-4H3. The second-order valence-corrected chi connectivity index (χ2v) is 6.95. The maximum absolute atomic E-state index is 10.3. The Morgan fingerprint density at radius 3 is 2.07 bits per heavy atom. The van der Waals surface area contributed by atoms with Crippen LogP contribution in [0.4, 0.5) is 0 Å². The molecule has 88 valence electrons. The number of hydrogen-bond donors (Lipinski definition) is 2. The molecule has 2 rings (SSSR count). The second-order valence-electron chi connectivity index (χ2n) is 6.95. The predicted octanol–water partition coefficient (Wildman–Crippen LogP) is 2.19. The molecule has 0 aliphatic heterocycles. The van der Waals surface area contributed by atoms with E-state index in [0.29, 0.717) is 5.92 Å². The van der Waals surface area contributed by atoms with Crippen LogP contribution in [0.25, 0.3) is 0 Å². The van der Waals surface area contributed by atoms with Crippen molar-refractivity contribution in [1.82, 2.24) is 0 Å². The summed E-state index contributed by atoms with van der Waals surface area (Å²) in [5, 5.41) is 20.6. The van der Waals surface area contributed by atoms with Gasteiger partial charge in [-0.15, -0.1) is 0 Å². The lowest BCUT2D eigenvalue weighted by Gasteiger charge is -2.44. The van der Waals surface area contributed by atoms with E-state index < -0.39 is 0 Å². The fourth-order valence-electron chi connectivity index (χ4n) is 3.66. The summed E-state index contributed by atoms with van der Waals surface area (Å²) in [5.74, 6) is 0.627. The third-order valence-electron chi connectivity index (χ3n) is 4.82. The molecule has 2 saturated carbocycles. The molecule has 0 aromatic carbocycles. The lowest BCUT2D eigenvalue weighted by molar-refractivity contribution is -0.0932. The summed E-state index contributed by atoms with van der Waals surface area (Å²) in [6.45, 7) is 8.48. The van der Waals surface area contributed by atoms with Gasteiger partial charge in [0.1, 0.15) is 0 Å². The lowest BCUT2D eigenvalue weighted by atomic mass is 9.65. The molecule has 4 unspecified atom stereocenters. The van der Waals surface area contributed by atoms with Crippen LogP contribution in [0.5, 0.6) is 0 Å². The smallest absolute Gasteiger partial charge is 0.0646 e. The zero-order valence-corrected chi connectivity index (χ0v) is 10.3. The third kappa shape index (κ3) is 1.62. The summed E-state index contributed by atoms with van der Waals surface area (Å²) >= 11 is 0. The number of fused-ring (bicyclic) bond motifs is 1. The van der Waals surface area contributed by atoms with Gasteiger partial charge in [0.25, 0.3) is 0 Å². The minimum absolute atomic E-state index is 0.0171. The molecule has 2 heteroatoms. The van der Waals surface area contributed by atoms with E-state index in [1.54, 1.807) is 0 Å². The molecule has 2 fully saturated rings. The van der Waals surface area contributed by atoms with Gasteiger partial charge in [-0.25, -0.2) is 0 Å². The highest BCUT2D eigenvalue weighted by molar-refractivity contribution is 5.04. The first-order valence-corrected chi connectivity index (χ1v) is 6.12. The molecular weight excluding hydrogens is 188 g/mol. The molecule has 0 aromatic heterocycles. The Bertz CT molecular complexity index is 255. The van der Waals surface area contributed by atoms with Gasteiger partial charge >= 0.3 is 0 Å². The van der Waals surface area contributed by atoms with Crippen LogP contribution in [0, 0.1) is 22.7 Å². The minimum atomic E-state index is -0.340. The highest BCUT2D eigenvalue weighted by Crippen LogP contribution is 2.55. The molecule has 2 nitrogen and oxygen atoms in total. The average molecular weight is 212 g/mol. The van der Waals surface area contributed by atoms with Crippen LogP contribution >= 0.6 is 0 Å². The molecule has 2 aliphatic carbocycles. The highest BCUT2D eigenvalue weighted by atomic mass is 16.3. The summed E-state index contributed by atoms with van der Waals surface area (Å²) in [4.78, 5) is 0. The van der Waals surface area contributed by atoms with Gasteiger partial charge in [-0.3, -0.25) is 0 Å². The Kier molecular flexibility index (Phi) is 2.44. The van der Waals surface area contributed by atoms with Crippen molar-refractivity contribution < 1.29 is 10.2 Å². The van der Waals surface area contributed by atoms with Gasteiger partial charge in [-0.05, 0) is 36.0 Å². The summed E-state index contributed by atoms with van der Waals surface area (Å²) in [6, 6.07) is 0. The number of aliphatic hydroxyl groups is 2. The highest BCUT2D eigenvalue weighted by Gasteiger charge is 2.55.